The second-order valence-corrected chi connectivity index (χ2v) is 8.09. The first kappa shape index (κ1) is 20.4. The normalized spacial score (nSPS) is 27.7. The Hall–Kier alpha value is -0.910. The Balaban J connectivity index is 1.91. The van der Waals surface area contributed by atoms with E-state index in [2.05, 4.69) is 0 Å². The maximum Gasteiger partial charge on any atom is 0.228 e. The summed E-state index contributed by atoms with van der Waals surface area (Å²) in [6, 6.07) is 7.05. The van der Waals surface area contributed by atoms with Crippen LogP contribution in [0.5, 0.6) is 11.5 Å². The lowest BCUT2D eigenvalue weighted by atomic mass is 10.0. The van der Waals surface area contributed by atoms with E-state index in [0.29, 0.717) is 31.4 Å². The number of ether oxygens (including phenoxy) is 3. The molecule has 0 bridgehead atoms. The lowest BCUT2D eigenvalue weighted by Crippen LogP contribution is -2.51. The zero-order valence-corrected chi connectivity index (χ0v) is 15.8. The van der Waals surface area contributed by atoms with Crippen molar-refractivity contribution in [2.75, 3.05) is 18.9 Å². The van der Waals surface area contributed by atoms with Crippen LogP contribution in [0, 0.1) is 0 Å². The van der Waals surface area contributed by atoms with Crippen molar-refractivity contribution in [3.05, 3.63) is 24.3 Å². The zero-order chi connectivity index (χ0) is 18.2. The molecular weight excluding hydrogens is 343 g/mol. The van der Waals surface area contributed by atoms with Crippen LogP contribution in [-0.4, -0.2) is 58.6 Å². The fourth-order valence-corrected chi connectivity index (χ4v) is 4.10. The van der Waals surface area contributed by atoms with E-state index in [-0.39, 0.29) is 6.10 Å². The first-order chi connectivity index (χ1) is 12.0. The third-order valence-corrected chi connectivity index (χ3v) is 5.82. The van der Waals surface area contributed by atoms with Crippen molar-refractivity contribution < 1.29 is 29.3 Å². The lowest BCUT2D eigenvalue weighted by molar-refractivity contribution is -0.235. The van der Waals surface area contributed by atoms with E-state index in [1.165, 1.54) is 0 Å². The van der Waals surface area contributed by atoms with Gasteiger partial charge in [0, 0.05) is 14.6 Å². The minimum absolute atomic E-state index is 0.236. The Morgan fingerprint density at radius 1 is 1.12 bits per heavy atom. The molecule has 1 saturated heterocycles. The monoisotopic (exact) mass is 372 g/mol. The first-order valence-corrected chi connectivity index (χ1v) is 10.5. The van der Waals surface area contributed by atoms with Crippen LogP contribution in [0.25, 0.3) is 0 Å². The Morgan fingerprint density at radius 3 is 2.44 bits per heavy atom. The van der Waals surface area contributed by atoms with Gasteiger partial charge in [-0.2, -0.15) is 0 Å². The highest BCUT2D eigenvalue weighted by molar-refractivity contribution is 7.51. The second-order valence-electron chi connectivity index (χ2n) is 6.18. The summed E-state index contributed by atoms with van der Waals surface area (Å²) in [6.45, 7) is 4.55. The van der Waals surface area contributed by atoms with E-state index in [1.807, 2.05) is 13.8 Å². The molecule has 7 heteroatoms. The Morgan fingerprint density at radius 2 is 1.80 bits per heavy atom. The summed E-state index contributed by atoms with van der Waals surface area (Å²) < 4.78 is 16.9. The molecule has 5 atom stereocenters. The summed E-state index contributed by atoms with van der Waals surface area (Å²) in [5.41, 5.74) is 0. The van der Waals surface area contributed by atoms with Crippen LogP contribution in [0.2, 0.25) is 0 Å². The van der Waals surface area contributed by atoms with Crippen LogP contribution in [0.1, 0.15) is 33.1 Å². The van der Waals surface area contributed by atoms with Gasteiger partial charge in [-0.05, 0) is 49.9 Å². The highest BCUT2D eigenvalue weighted by Crippen LogP contribution is 2.34. The average molecular weight is 372 g/mol. The van der Waals surface area contributed by atoms with Gasteiger partial charge in [-0.3, -0.25) is 0 Å². The summed E-state index contributed by atoms with van der Waals surface area (Å²) >= 11 is 0. The summed E-state index contributed by atoms with van der Waals surface area (Å²) in [5, 5.41) is 20.2. The summed E-state index contributed by atoms with van der Waals surface area (Å²) in [6.07, 6.45) is 0.276. The fourth-order valence-electron chi connectivity index (χ4n) is 2.78. The van der Waals surface area contributed by atoms with Crippen molar-refractivity contribution in [3.63, 3.8) is 0 Å². The zero-order valence-electron chi connectivity index (χ0n) is 14.9. The summed E-state index contributed by atoms with van der Waals surface area (Å²) in [7, 11) is -0.979. The summed E-state index contributed by atoms with van der Waals surface area (Å²) in [5.74, 6) is 1.28. The third-order valence-electron chi connectivity index (χ3n) is 4.08. The molecule has 0 aromatic heterocycles. The molecule has 25 heavy (non-hydrogen) atoms. The van der Waals surface area contributed by atoms with Gasteiger partial charge in [0.1, 0.15) is 17.6 Å². The molecule has 1 heterocycles. The Kier molecular flexibility index (Phi) is 8.40. The molecule has 0 saturated carbocycles. The van der Waals surface area contributed by atoms with Crippen molar-refractivity contribution in [2.45, 2.75) is 57.7 Å². The molecule has 0 spiro atoms. The van der Waals surface area contributed by atoms with Gasteiger partial charge in [0.25, 0.3) is 0 Å². The van der Waals surface area contributed by atoms with Crippen LogP contribution in [0.3, 0.4) is 0 Å². The van der Waals surface area contributed by atoms with Gasteiger partial charge in [-0.25, -0.2) is 0 Å². The molecule has 5 unspecified atom stereocenters. The van der Waals surface area contributed by atoms with E-state index < -0.39 is 26.6 Å². The highest BCUT2D eigenvalue weighted by Gasteiger charge is 2.38. The number of benzene rings is 1. The minimum atomic E-state index is -1.10. The standard InChI is InChI=1S/C18H29O6P/c1-3-10-25(21)11-9-15-12-16(19)17(20)18(24-15)23-14-7-5-13(6-8-14)22-4-2/h5-8,15-21H,3-4,9-12H2,1-2H3. The van der Waals surface area contributed by atoms with Gasteiger partial charge >= 0.3 is 0 Å². The van der Waals surface area contributed by atoms with Gasteiger partial charge in [0.2, 0.25) is 6.29 Å². The van der Waals surface area contributed by atoms with Crippen molar-refractivity contribution >= 4 is 8.15 Å². The van der Waals surface area contributed by atoms with Crippen LogP contribution in [0.15, 0.2) is 24.3 Å². The van der Waals surface area contributed by atoms with Gasteiger partial charge in [0.05, 0.1) is 18.8 Å². The number of hydrogen-bond donors (Lipinski definition) is 3. The third kappa shape index (κ3) is 6.39. The molecule has 1 fully saturated rings. The SMILES string of the molecule is CCCP(O)CCC1CC(O)C(O)C(Oc2ccc(OCC)cc2)O1. The molecule has 3 N–H and O–H groups in total. The first-order valence-electron chi connectivity index (χ1n) is 8.88. The smallest absolute Gasteiger partial charge is 0.228 e. The largest absolute Gasteiger partial charge is 0.494 e. The van der Waals surface area contributed by atoms with Crippen LogP contribution in [0.4, 0.5) is 0 Å². The van der Waals surface area contributed by atoms with Crippen molar-refractivity contribution in [1.82, 2.24) is 0 Å². The molecule has 6 nitrogen and oxygen atoms in total. The van der Waals surface area contributed by atoms with Gasteiger partial charge in [-0.15, -0.1) is 0 Å². The fraction of sp³-hybridized carbons (Fsp3) is 0.667. The van der Waals surface area contributed by atoms with Crippen LogP contribution in [-0.2, 0) is 4.74 Å². The number of aliphatic hydroxyl groups is 2. The number of rotatable bonds is 9. The maximum absolute atomic E-state index is 10.1. The quantitative estimate of drug-likeness (QED) is 0.577. The van der Waals surface area contributed by atoms with E-state index >= 15 is 0 Å². The van der Waals surface area contributed by atoms with Gasteiger partial charge < -0.3 is 29.3 Å². The van der Waals surface area contributed by atoms with Crippen molar-refractivity contribution in [1.29, 1.82) is 0 Å². The average Bonchev–Trinajstić information content (AvgIpc) is 2.59. The van der Waals surface area contributed by atoms with Crippen LogP contribution < -0.4 is 9.47 Å². The lowest BCUT2D eigenvalue weighted by Gasteiger charge is -2.37. The summed E-state index contributed by atoms with van der Waals surface area (Å²) in [4.78, 5) is 9.92. The van der Waals surface area contributed by atoms with Crippen LogP contribution >= 0.6 is 8.15 Å². The van der Waals surface area contributed by atoms with Gasteiger partial charge in [-0.1, -0.05) is 13.3 Å². The molecule has 1 aromatic carbocycles. The number of hydrogen-bond acceptors (Lipinski definition) is 6. The van der Waals surface area contributed by atoms with E-state index in [1.54, 1.807) is 24.3 Å². The molecule has 142 valence electrons. The van der Waals surface area contributed by atoms with E-state index in [0.717, 1.165) is 18.3 Å². The van der Waals surface area contributed by atoms with Gasteiger partial charge in [0.15, 0.2) is 0 Å². The topological polar surface area (TPSA) is 88.4 Å². The molecule has 0 amide bonds. The predicted octanol–water partition coefficient (Wildman–Crippen LogP) is 2.49. The molecule has 1 aliphatic heterocycles. The highest BCUT2D eigenvalue weighted by atomic mass is 31.1. The van der Waals surface area contributed by atoms with E-state index in [9.17, 15) is 15.1 Å². The molecule has 2 rings (SSSR count). The van der Waals surface area contributed by atoms with Crippen molar-refractivity contribution in [2.24, 2.45) is 0 Å². The number of aliphatic hydroxyl groups excluding tert-OH is 2. The molecular formula is C18H29O6P. The van der Waals surface area contributed by atoms with Crippen molar-refractivity contribution in [3.8, 4) is 11.5 Å². The minimum Gasteiger partial charge on any atom is -0.494 e. The van der Waals surface area contributed by atoms with E-state index in [4.69, 9.17) is 14.2 Å². The molecule has 1 aliphatic rings. The predicted molar refractivity (Wildman–Crippen MR) is 97.3 cm³/mol. The molecule has 0 radical (unpaired) electrons. The molecule has 1 aromatic rings. The maximum atomic E-state index is 10.1. The second kappa shape index (κ2) is 10.3. The molecule has 0 aliphatic carbocycles. The Bertz CT molecular complexity index is 497. The Labute approximate surface area is 150 Å².